The summed E-state index contributed by atoms with van der Waals surface area (Å²) in [6, 6.07) is 19.8. The predicted molar refractivity (Wildman–Crippen MR) is 75.0 cm³/mol. The summed E-state index contributed by atoms with van der Waals surface area (Å²) in [6.45, 7) is 1.73. The van der Waals surface area contributed by atoms with Crippen molar-refractivity contribution in [1.82, 2.24) is 0 Å². The summed E-state index contributed by atoms with van der Waals surface area (Å²) in [6.07, 6.45) is 0. The normalized spacial score (nSPS) is 16.0. The Morgan fingerprint density at radius 1 is 0.778 bits per heavy atom. The van der Waals surface area contributed by atoms with E-state index in [2.05, 4.69) is 54.6 Å². The molecule has 0 saturated carbocycles. The fourth-order valence-corrected chi connectivity index (χ4v) is 2.76. The molecule has 1 heterocycles. The highest BCUT2D eigenvalue weighted by Crippen LogP contribution is 2.32. The zero-order valence-corrected chi connectivity index (χ0v) is 10.1. The number of benzene rings is 3. The molecule has 1 aliphatic rings. The molecule has 0 atom stereocenters. The topological polar surface area (TPSA) is 9.23 Å². The van der Waals surface area contributed by atoms with Crippen molar-refractivity contribution in [1.29, 1.82) is 0 Å². The van der Waals surface area contributed by atoms with E-state index < -0.39 is 0 Å². The van der Waals surface area contributed by atoms with Crippen LogP contribution in [0.3, 0.4) is 0 Å². The SMILES string of the molecule is c1ccc2cc3c(C4COC4)cccc3cc2c1. The number of ether oxygens (including phenoxy) is 1. The highest BCUT2D eigenvalue weighted by Gasteiger charge is 2.22. The molecule has 1 saturated heterocycles. The summed E-state index contributed by atoms with van der Waals surface area (Å²) >= 11 is 0. The molecule has 4 rings (SSSR count). The summed E-state index contributed by atoms with van der Waals surface area (Å²) in [5.41, 5.74) is 1.43. The van der Waals surface area contributed by atoms with Crippen LogP contribution in [0.15, 0.2) is 54.6 Å². The lowest BCUT2D eigenvalue weighted by Crippen LogP contribution is -2.25. The Morgan fingerprint density at radius 2 is 1.50 bits per heavy atom. The van der Waals surface area contributed by atoms with Crippen molar-refractivity contribution in [3.05, 3.63) is 60.2 Å². The average Bonchev–Trinajstić information content (AvgIpc) is 2.35. The molecule has 3 aromatic rings. The maximum absolute atomic E-state index is 5.33. The smallest absolute Gasteiger partial charge is 0.0557 e. The molecule has 1 heteroatoms. The Bertz CT molecular complexity index is 726. The lowest BCUT2D eigenvalue weighted by molar-refractivity contribution is 0.00901. The van der Waals surface area contributed by atoms with Gasteiger partial charge in [0.15, 0.2) is 0 Å². The van der Waals surface area contributed by atoms with Crippen LogP contribution in [-0.2, 0) is 4.74 Å². The zero-order valence-electron chi connectivity index (χ0n) is 10.1. The van der Waals surface area contributed by atoms with E-state index in [0.29, 0.717) is 5.92 Å². The van der Waals surface area contributed by atoms with E-state index in [-0.39, 0.29) is 0 Å². The maximum Gasteiger partial charge on any atom is 0.0557 e. The first-order chi connectivity index (χ1) is 8.92. The van der Waals surface area contributed by atoms with Crippen LogP contribution in [0.1, 0.15) is 11.5 Å². The minimum atomic E-state index is 0.579. The van der Waals surface area contributed by atoms with E-state index in [1.165, 1.54) is 27.1 Å². The third-order valence-electron chi connectivity index (χ3n) is 3.86. The molecular formula is C17H14O. The second-order valence-corrected chi connectivity index (χ2v) is 5.00. The van der Waals surface area contributed by atoms with E-state index in [1.54, 1.807) is 0 Å². The molecule has 1 aliphatic heterocycles. The van der Waals surface area contributed by atoms with Gasteiger partial charge >= 0.3 is 0 Å². The number of fused-ring (bicyclic) bond motifs is 2. The van der Waals surface area contributed by atoms with Gasteiger partial charge in [-0.25, -0.2) is 0 Å². The van der Waals surface area contributed by atoms with Crippen LogP contribution in [0.25, 0.3) is 21.5 Å². The van der Waals surface area contributed by atoms with E-state index in [4.69, 9.17) is 4.74 Å². The van der Waals surface area contributed by atoms with Crippen LogP contribution < -0.4 is 0 Å². The van der Waals surface area contributed by atoms with Crippen molar-refractivity contribution >= 4 is 21.5 Å². The van der Waals surface area contributed by atoms with Gasteiger partial charge in [-0.3, -0.25) is 0 Å². The second-order valence-electron chi connectivity index (χ2n) is 5.00. The van der Waals surface area contributed by atoms with Gasteiger partial charge in [-0.2, -0.15) is 0 Å². The minimum Gasteiger partial charge on any atom is -0.380 e. The molecule has 0 amide bonds. The molecular weight excluding hydrogens is 220 g/mol. The van der Waals surface area contributed by atoms with Crippen molar-refractivity contribution in [3.8, 4) is 0 Å². The number of hydrogen-bond donors (Lipinski definition) is 0. The maximum atomic E-state index is 5.33. The van der Waals surface area contributed by atoms with Gasteiger partial charge in [0.25, 0.3) is 0 Å². The molecule has 0 radical (unpaired) electrons. The zero-order chi connectivity index (χ0) is 11.9. The first kappa shape index (κ1) is 10.1. The Balaban J connectivity index is 2.05. The first-order valence-electron chi connectivity index (χ1n) is 6.41. The standard InChI is InChI=1S/C17H14O/c1-2-5-13-9-17-14(8-12(13)4-1)6-3-7-16(17)15-10-18-11-15/h1-9,15H,10-11H2. The van der Waals surface area contributed by atoms with E-state index in [9.17, 15) is 0 Å². The molecule has 88 valence electrons. The molecule has 1 fully saturated rings. The summed E-state index contributed by atoms with van der Waals surface area (Å²) in [7, 11) is 0. The van der Waals surface area contributed by atoms with Crippen LogP contribution in [0.5, 0.6) is 0 Å². The Labute approximate surface area is 106 Å². The summed E-state index contributed by atoms with van der Waals surface area (Å²) in [5, 5.41) is 5.34. The lowest BCUT2D eigenvalue weighted by atomic mass is 9.91. The number of hydrogen-bond acceptors (Lipinski definition) is 1. The van der Waals surface area contributed by atoms with Crippen LogP contribution in [0.4, 0.5) is 0 Å². The van der Waals surface area contributed by atoms with Crippen molar-refractivity contribution in [3.63, 3.8) is 0 Å². The molecule has 18 heavy (non-hydrogen) atoms. The highest BCUT2D eigenvalue weighted by atomic mass is 16.5. The van der Waals surface area contributed by atoms with E-state index >= 15 is 0 Å². The van der Waals surface area contributed by atoms with Crippen LogP contribution in [0.2, 0.25) is 0 Å². The quantitative estimate of drug-likeness (QED) is 0.576. The molecule has 1 nitrogen and oxygen atoms in total. The largest absolute Gasteiger partial charge is 0.380 e. The van der Waals surface area contributed by atoms with Gasteiger partial charge in [0, 0.05) is 5.92 Å². The average molecular weight is 234 g/mol. The van der Waals surface area contributed by atoms with Gasteiger partial charge < -0.3 is 4.74 Å². The molecule has 0 aromatic heterocycles. The molecule has 0 N–H and O–H groups in total. The van der Waals surface area contributed by atoms with Crippen LogP contribution in [-0.4, -0.2) is 13.2 Å². The van der Waals surface area contributed by atoms with Gasteiger partial charge in [-0.05, 0) is 39.2 Å². The van der Waals surface area contributed by atoms with Crippen LogP contribution in [0, 0.1) is 0 Å². The third kappa shape index (κ3) is 1.44. The van der Waals surface area contributed by atoms with Gasteiger partial charge in [-0.1, -0.05) is 42.5 Å². The van der Waals surface area contributed by atoms with Crippen molar-refractivity contribution in [2.24, 2.45) is 0 Å². The summed E-state index contributed by atoms with van der Waals surface area (Å²) < 4.78 is 5.33. The molecule has 0 spiro atoms. The predicted octanol–water partition coefficient (Wildman–Crippen LogP) is 4.11. The summed E-state index contributed by atoms with van der Waals surface area (Å²) in [4.78, 5) is 0. The lowest BCUT2D eigenvalue weighted by Gasteiger charge is -2.27. The van der Waals surface area contributed by atoms with Gasteiger partial charge in [0.1, 0.15) is 0 Å². The van der Waals surface area contributed by atoms with Gasteiger partial charge in [-0.15, -0.1) is 0 Å². The number of rotatable bonds is 1. The fourth-order valence-electron chi connectivity index (χ4n) is 2.76. The van der Waals surface area contributed by atoms with Crippen molar-refractivity contribution < 1.29 is 4.74 Å². The van der Waals surface area contributed by atoms with Gasteiger partial charge in [0.2, 0.25) is 0 Å². The van der Waals surface area contributed by atoms with Crippen molar-refractivity contribution in [2.45, 2.75) is 5.92 Å². The monoisotopic (exact) mass is 234 g/mol. The molecule has 0 unspecified atom stereocenters. The third-order valence-corrected chi connectivity index (χ3v) is 3.86. The van der Waals surface area contributed by atoms with Crippen molar-refractivity contribution in [2.75, 3.05) is 13.2 Å². The highest BCUT2D eigenvalue weighted by molar-refractivity contribution is 5.99. The first-order valence-corrected chi connectivity index (χ1v) is 6.41. The molecule has 0 aliphatic carbocycles. The van der Waals surface area contributed by atoms with E-state index in [1.807, 2.05) is 0 Å². The van der Waals surface area contributed by atoms with Crippen LogP contribution >= 0.6 is 0 Å². The van der Waals surface area contributed by atoms with E-state index in [0.717, 1.165) is 13.2 Å². The fraction of sp³-hybridized carbons (Fsp3) is 0.176. The summed E-state index contributed by atoms with van der Waals surface area (Å²) in [5.74, 6) is 0.579. The second kappa shape index (κ2) is 3.82. The molecule has 0 bridgehead atoms. The van der Waals surface area contributed by atoms with Gasteiger partial charge in [0.05, 0.1) is 13.2 Å². The molecule has 3 aromatic carbocycles. The minimum absolute atomic E-state index is 0.579. The Morgan fingerprint density at radius 3 is 2.22 bits per heavy atom. The Kier molecular flexibility index (Phi) is 2.14. The Hall–Kier alpha value is -1.86.